The maximum Gasteiger partial charge on any atom is 0.237 e. The van der Waals surface area contributed by atoms with Crippen LogP contribution in [-0.2, 0) is 27.2 Å². The van der Waals surface area contributed by atoms with Gasteiger partial charge in [-0.15, -0.1) is 0 Å². The molecule has 0 bridgehead atoms. The van der Waals surface area contributed by atoms with E-state index in [4.69, 9.17) is 9.47 Å². The molecule has 2 saturated heterocycles. The molecule has 0 radical (unpaired) electrons. The van der Waals surface area contributed by atoms with Crippen molar-refractivity contribution in [1.82, 2.24) is 14.8 Å². The van der Waals surface area contributed by atoms with Crippen LogP contribution in [0.1, 0.15) is 24.1 Å². The number of rotatable bonds is 2. The Morgan fingerprint density at radius 1 is 1.12 bits per heavy atom. The Hall–Kier alpha value is -1.89. The second-order valence-electron chi connectivity index (χ2n) is 7.58. The molecule has 138 valence electrons. The summed E-state index contributed by atoms with van der Waals surface area (Å²) in [6.07, 6.45) is 2.61. The summed E-state index contributed by atoms with van der Waals surface area (Å²) in [7, 11) is 0. The summed E-state index contributed by atoms with van der Waals surface area (Å²) in [6.45, 7) is 5.10. The molecule has 1 spiro atoms. The lowest BCUT2D eigenvalue weighted by Gasteiger charge is -2.38. The van der Waals surface area contributed by atoms with Gasteiger partial charge >= 0.3 is 0 Å². The zero-order valence-electron chi connectivity index (χ0n) is 15.0. The minimum absolute atomic E-state index is 0.227. The minimum atomic E-state index is -0.371. The first-order valence-corrected chi connectivity index (χ1v) is 9.59. The molecule has 6 heteroatoms. The Morgan fingerprint density at radius 2 is 1.88 bits per heavy atom. The van der Waals surface area contributed by atoms with Gasteiger partial charge in [0.1, 0.15) is 0 Å². The molecule has 0 aliphatic carbocycles. The molecule has 1 aromatic heterocycles. The number of para-hydroxylation sites is 1. The van der Waals surface area contributed by atoms with Crippen LogP contribution in [0.4, 0.5) is 0 Å². The maximum absolute atomic E-state index is 12.9. The van der Waals surface area contributed by atoms with Gasteiger partial charge in [-0.25, -0.2) is 0 Å². The second-order valence-corrected chi connectivity index (χ2v) is 7.58. The lowest BCUT2D eigenvalue weighted by molar-refractivity contribution is -0.186. The number of H-pyrrole nitrogens is 1. The lowest BCUT2D eigenvalue weighted by Crippen LogP contribution is -2.49. The highest BCUT2D eigenvalue weighted by Crippen LogP contribution is 2.31. The standard InChI is InChI=1S/C20H25N3O3/c24-19(14-22-9-6-20(7-10-22)25-11-12-26-20)23-8-5-18-16(13-23)15-3-1-2-4-17(15)21-18/h1-4,21H,5-14H2. The minimum Gasteiger partial charge on any atom is -0.358 e. The van der Waals surface area contributed by atoms with Crippen molar-refractivity contribution in [1.29, 1.82) is 0 Å². The highest BCUT2D eigenvalue weighted by molar-refractivity contribution is 5.86. The summed E-state index contributed by atoms with van der Waals surface area (Å²) in [5.41, 5.74) is 3.74. The lowest BCUT2D eigenvalue weighted by atomic mass is 10.0. The number of aromatic amines is 1. The molecule has 2 aromatic rings. The number of nitrogens with one attached hydrogen (secondary N) is 1. The van der Waals surface area contributed by atoms with Crippen molar-refractivity contribution >= 4 is 16.8 Å². The molecule has 5 rings (SSSR count). The van der Waals surface area contributed by atoms with E-state index in [1.165, 1.54) is 22.2 Å². The van der Waals surface area contributed by atoms with Gasteiger partial charge in [-0.3, -0.25) is 9.69 Å². The third-order valence-corrected chi connectivity index (χ3v) is 6.03. The number of fused-ring (bicyclic) bond motifs is 3. The van der Waals surface area contributed by atoms with E-state index < -0.39 is 0 Å². The van der Waals surface area contributed by atoms with Gasteiger partial charge in [-0.05, 0) is 6.07 Å². The van der Waals surface area contributed by atoms with Crippen LogP contribution in [0.3, 0.4) is 0 Å². The number of nitrogens with zero attached hydrogens (tertiary/aromatic N) is 2. The summed E-state index contributed by atoms with van der Waals surface area (Å²) in [5, 5.41) is 1.25. The first kappa shape index (κ1) is 16.3. The fourth-order valence-corrected chi connectivity index (χ4v) is 4.51. The zero-order valence-corrected chi connectivity index (χ0v) is 15.0. The molecule has 1 amide bonds. The number of carbonyl (C=O) groups excluding carboxylic acids is 1. The van der Waals surface area contributed by atoms with Crippen LogP contribution in [0.5, 0.6) is 0 Å². The van der Waals surface area contributed by atoms with Gasteiger partial charge in [0.2, 0.25) is 5.91 Å². The molecule has 3 aliphatic heterocycles. The summed E-state index contributed by atoms with van der Waals surface area (Å²) < 4.78 is 11.5. The number of amides is 1. The van der Waals surface area contributed by atoms with Crippen molar-refractivity contribution in [2.75, 3.05) is 39.4 Å². The molecule has 6 nitrogen and oxygen atoms in total. The SMILES string of the molecule is O=C(CN1CCC2(CC1)OCCO2)N1CCc2[nH]c3ccccc3c2C1. The summed E-state index contributed by atoms with van der Waals surface area (Å²) in [4.78, 5) is 20.6. The summed E-state index contributed by atoms with van der Waals surface area (Å²) in [6, 6.07) is 8.36. The van der Waals surface area contributed by atoms with E-state index in [9.17, 15) is 4.79 Å². The number of ether oxygens (including phenoxy) is 2. The smallest absolute Gasteiger partial charge is 0.237 e. The molecular weight excluding hydrogens is 330 g/mol. The van der Waals surface area contributed by atoms with E-state index in [0.29, 0.717) is 26.3 Å². The number of carbonyl (C=O) groups is 1. The van der Waals surface area contributed by atoms with Crippen LogP contribution < -0.4 is 0 Å². The Morgan fingerprint density at radius 3 is 2.69 bits per heavy atom. The van der Waals surface area contributed by atoms with Crippen LogP contribution in [0, 0.1) is 0 Å². The quantitative estimate of drug-likeness (QED) is 0.894. The van der Waals surface area contributed by atoms with E-state index in [-0.39, 0.29) is 11.7 Å². The Kier molecular flexibility index (Phi) is 3.99. The van der Waals surface area contributed by atoms with Crippen molar-refractivity contribution in [3.05, 3.63) is 35.5 Å². The average molecular weight is 355 g/mol. The molecule has 1 aromatic carbocycles. The number of likely N-dealkylation sites (tertiary alicyclic amines) is 1. The van der Waals surface area contributed by atoms with Crippen LogP contribution >= 0.6 is 0 Å². The first-order chi connectivity index (χ1) is 12.7. The van der Waals surface area contributed by atoms with Crippen LogP contribution in [-0.4, -0.2) is 65.9 Å². The van der Waals surface area contributed by atoms with E-state index in [2.05, 4.69) is 28.1 Å². The first-order valence-electron chi connectivity index (χ1n) is 9.59. The highest BCUT2D eigenvalue weighted by Gasteiger charge is 2.40. The summed E-state index contributed by atoms with van der Waals surface area (Å²) >= 11 is 0. The van der Waals surface area contributed by atoms with Gasteiger partial charge in [0.25, 0.3) is 0 Å². The van der Waals surface area contributed by atoms with Gasteiger partial charge in [-0.2, -0.15) is 0 Å². The molecule has 26 heavy (non-hydrogen) atoms. The molecule has 4 heterocycles. The van der Waals surface area contributed by atoms with Crippen LogP contribution in [0.25, 0.3) is 10.9 Å². The topological polar surface area (TPSA) is 57.8 Å². The Labute approximate surface area is 153 Å². The Balaban J connectivity index is 1.23. The van der Waals surface area contributed by atoms with Crippen molar-refractivity contribution in [3.63, 3.8) is 0 Å². The molecule has 0 saturated carbocycles. The summed E-state index contributed by atoms with van der Waals surface area (Å²) in [5.74, 6) is -0.144. The molecule has 0 atom stereocenters. The number of piperidine rings is 1. The number of hydrogen-bond acceptors (Lipinski definition) is 4. The molecule has 1 N–H and O–H groups in total. The number of aromatic nitrogens is 1. The monoisotopic (exact) mass is 355 g/mol. The highest BCUT2D eigenvalue weighted by atomic mass is 16.7. The van der Waals surface area contributed by atoms with Gasteiger partial charge in [0.05, 0.1) is 19.8 Å². The number of benzene rings is 1. The van der Waals surface area contributed by atoms with Gasteiger partial charge in [0, 0.05) is 67.6 Å². The molecular formula is C20H25N3O3. The predicted octanol–water partition coefficient (Wildman–Crippen LogP) is 1.89. The van der Waals surface area contributed by atoms with Crippen molar-refractivity contribution in [2.45, 2.75) is 31.6 Å². The predicted molar refractivity (Wildman–Crippen MR) is 97.7 cm³/mol. The fraction of sp³-hybridized carbons (Fsp3) is 0.550. The van der Waals surface area contributed by atoms with E-state index >= 15 is 0 Å². The fourth-order valence-electron chi connectivity index (χ4n) is 4.51. The van der Waals surface area contributed by atoms with E-state index in [1.807, 2.05) is 11.0 Å². The molecule has 0 unspecified atom stereocenters. The Bertz CT molecular complexity index is 815. The molecule has 3 aliphatic rings. The van der Waals surface area contributed by atoms with Crippen LogP contribution in [0.2, 0.25) is 0 Å². The van der Waals surface area contributed by atoms with Gasteiger partial charge in [0.15, 0.2) is 5.79 Å². The maximum atomic E-state index is 12.9. The average Bonchev–Trinajstić information content (AvgIpc) is 3.28. The van der Waals surface area contributed by atoms with E-state index in [0.717, 1.165) is 38.9 Å². The van der Waals surface area contributed by atoms with Gasteiger partial charge < -0.3 is 19.4 Å². The zero-order chi connectivity index (χ0) is 17.6. The van der Waals surface area contributed by atoms with Gasteiger partial charge in [-0.1, -0.05) is 18.2 Å². The third kappa shape index (κ3) is 2.82. The van der Waals surface area contributed by atoms with Crippen molar-refractivity contribution < 1.29 is 14.3 Å². The largest absolute Gasteiger partial charge is 0.358 e. The second kappa shape index (κ2) is 6.37. The van der Waals surface area contributed by atoms with Crippen molar-refractivity contribution in [3.8, 4) is 0 Å². The normalized spacial score (nSPS) is 22.8. The number of hydrogen-bond donors (Lipinski definition) is 1. The third-order valence-electron chi connectivity index (χ3n) is 6.03. The van der Waals surface area contributed by atoms with Crippen LogP contribution in [0.15, 0.2) is 24.3 Å². The van der Waals surface area contributed by atoms with Crippen molar-refractivity contribution in [2.24, 2.45) is 0 Å². The molecule has 2 fully saturated rings. The van der Waals surface area contributed by atoms with E-state index in [1.54, 1.807) is 0 Å².